The molecule has 13 heavy (non-hydrogen) atoms. The van der Waals surface area contributed by atoms with Crippen LogP contribution in [0.2, 0.25) is 0 Å². The SMILES string of the molecule is CCCN(C=O)C(=O)N(CC)CC. The number of carbonyl (C=O) groups is 2. The molecule has 0 rings (SSSR count). The van der Waals surface area contributed by atoms with Crippen molar-refractivity contribution in [3.05, 3.63) is 0 Å². The third kappa shape index (κ3) is 3.44. The minimum Gasteiger partial charge on any atom is -0.325 e. The van der Waals surface area contributed by atoms with Gasteiger partial charge in [-0.25, -0.2) is 4.79 Å². The van der Waals surface area contributed by atoms with Crippen LogP contribution in [-0.4, -0.2) is 41.9 Å². The van der Waals surface area contributed by atoms with Gasteiger partial charge in [-0.1, -0.05) is 6.92 Å². The lowest BCUT2D eigenvalue weighted by atomic mass is 10.4. The molecule has 0 aliphatic carbocycles. The molecule has 4 heteroatoms. The van der Waals surface area contributed by atoms with Crippen LogP contribution in [0.15, 0.2) is 0 Å². The van der Waals surface area contributed by atoms with Crippen LogP contribution in [0, 0.1) is 0 Å². The number of hydrogen-bond donors (Lipinski definition) is 0. The van der Waals surface area contributed by atoms with Crippen molar-refractivity contribution in [3.8, 4) is 0 Å². The van der Waals surface area contributed by atoms with Gasteiger partial charge in [-0.15, -0.1) is 0 Å². The van der Waals surface area contributed by atoms with Crippen LogP contribution in [0.1, 0.15) is 27.2 Å². The first-order valence-electron chi connectivity index (χ1n) is 4.72. The Morgan fingerprint density at radius 3 is 2.08 bits per heavy atom. The standard InChI is InChI=1S/C9H18N2O2/c1-4-7-11(8-12)9(13)10(5-2)6-3/h8H,4-7H2,1-3H3. The second kappa shape index (κ2) is 6.46. The molecule has 0 aromatic carbocycles. The fourth-order valence-electron chi connectivity index (χ4n) is 1.11. The summed E-state index contributed by atoms with van der Waals surface area (Å²) in [5.74, 6) is 0. The Balaban J connectivity index is 4.24. The highest BCUT2D eigenvalue weighted by Crippen LogP contribution is 1.97. The highest BCUT2D eigenvalue weighted by atomic mass is 16.2. The number of imide groups is 1. The summed E-state index contributed by atoms with van der Waals surface area (Å²) in [6, 6.07) is -0.193. The van der Waals surface area contributed by atoms with E-state index in [0.717, 1.165) is 6.42 Å². The second-order valence-corrected chi connectivity index (χ2v) is 2.75. The first-order chi connectivity index (χ1) is 6.21. The third-order valence-corrected chi connectivity index (χ3v) is 1.87. The van der Waals surface area contributed by atoms with E-state index in [1.54, 1.807) is 4.90 Å². The molecule has 0 aliphatic heterocycles. The van der Waals surface area contributed by atoms with Crippen LogP contribution >= 0.6 is 0 Å². The number of hydrogen-bond acceptors (Lipinski definition) is 2. The van der Waals surface area contributed by atoms with E-state index in [-0.39, 0.29) is 6.03 Å². The Bertz CT molecular complexity index is 167. The van der Waals surface area contributed by atoms with Crippen LogP contribution in [0.4, 0.5) is 4.79 Å². The van der Waals surface area contributed by atoms with Gasteiger partial charge in [0, 0.05) is 19.6 Å². The van der Waals surface area contributed by atoms with Gasteiger partial charge in [0.25, 0.3) is 0 Å². The smallest absolute Gasteiger partial charge is 0.325 e. The molecule has 0 saturated heterocycles. The molecule has 4 nitrogen and oxygen atoms in total. The summed E-state index contributed by atoms with van der Waals surface area (Å²) >= 11 is 0. The van der Waals surface area contributed by atoms with Gasteiger partial charge in [0.2, 0.25) is 6.41 Å². The zero-order valence-corrected chi connectivity index (χ0v) is 8.62. The van der Waals surface area contributed by atoms with E-state index in [2.05, 4.69) is 0 Å². The van der Waals surface area contributed by atoms with Gasteiger partial charge in [-0.3, -0.25) is 9.69 Å². The fraction of sp³-hybridized carbons (Fsp3) is 0.778. The molecular formula is C9H18N2O2. The summed E-state index contributed by atoms with van der Waals surface area (Å²) in [5, 5.41) is 0. The van der Waals surface area contributed by atoms with Gasteiger partial charge in [0.1, 0.15) is 0 Å². The summed E-state index contributed by atoms with van der Waals surface area (Å²) in [6.07, 6.45) is 1.40. The first kappa shape index (κ1) is 11.9. The van der Waals surface area contributed by atoms with E-state index in [0.29, 0.717) is 26.0 Å². The lowest BCUT2D eigenvalue weighted by Gasteiger charge is -2.24. The summed E-state index contributed by atoms with van der Waals surface area (Å²) in [6.45, 7) is 7.52. The minimum atomic E-state index is -0.193. The van der Waals surface area contributed by atoms with Gasteiger partial charge in [0.15, 0.2) is 0 Å². The molecule has 0 bridgehead atoms. The molecule has 76 valence electrons. The Hall–Kier alpha value is -1.06. The van der Waals surface area contributed by atoms with E-state index in [4.69, 9.17) is 0 Å². The predicted octanol–water partition coefficient (Wildman–Crippen LogP) is 1.32. The Labute approximate surface area is 79.5 Å². The molecule has 0 heterocycles. The van der Waals surface area contributed by atoms with Crippen LogP contribution in [0.5, 0.6) is 0 Å². The van der Waals surface area contributed by atoms with E-state index in [1.165, 1.54) is 4.90 Å². The first-order valence-corrected chi connectivity index (χ1v) is 4.72. The fourth-order valence-corrected chi connectivity index (χ4v) is 1.11. The molecule has 0 aliphatic rings. The topological polar surface area (TPSA) is 40.6 Å². The van der Waals surface area contributed by atoms with Crippen molar-refractivity contribution in [2.45, 2.75) is 27.2 Å². The average molecular weight is 186 g/mol. The van der Waals surface area contributed by atoms with Crippen LogP contribution in [0.25, 0.3) is 0 Å². The molecule has 0 aromatic heterocycles. The van der Waals surface area contributed by atoms with E-state index < -0.39 is 0 Å². The minimum absolute atomic E-state index is 0.193. The van der Waals surface area contributed by atoms with Crippen molar-refractivity contribution in [1.82, 2.24) is 9.80 Å². The maximum absolute atomic E-state index is 11.5. The molecule has 0 saturated carbocycles. The molecule has 0 N–H and O–H groups in total. The van der Waals surface area contributed by atoms with Crippen molar-refractivity contribution in [1.29, 1.82) is 0 Å². The molecular weight excluding hydrogens is 168 g/mol. The monoisotopic (exact) mass is 186 g/mol. The Kier molecular flexibility index (Phi) is 5.93. The number of nitrogens with zero attached hydrogens (tertiary/aromatic N) is 2. The van der Waals surface area contributed by atoms with E-state index in [9.17, 15) is 9.59 Å². The normalized spacial score (nSPS) is 9.46. The number of urea groups is 1. The lowest BCUT2D eigenvalue weighted by molar-refractivity contribution is -0.116. The van der Waals surface area contributed by atoms with Crippen LogP contribution in [-0.2, 0) is 4.79 Å². The van der Waals surface area contributed by atoms with E-state index >= 15 is 0 Å². The third-order valence-electron chi connectivity index (χ3n) is 1.87. The molecule has 0 radical (unpaired) electrons. The quantitative estimate of drug-likeness (QED) is 0.607. The maximum Gasteiger partial charge on any atom is 0.326 e. The van der Waals surface area contributed by atoms with Crippen LogP contribution in [0.3, 0.4) is 0 Å². The lowest BCUT2D eigenvalue weighted by Crippen LogP contribution is -2.42. The predicted molar refractivity (Wildman–Crippen MR) is 51.4 cm³/mol. The molecule has 0 aromatic rings. The zero-order valence-electron chi connectivity index (χ0n) is 8.62. The number of carbonyl (C=O) groups excluding carboxylic acids is 2. The van der Waals surface area contributed by atoms with Crippen molar-refractivity contribution in [2.24, 2.45) is 0 Å². The van der Waals surface area contributed by atoms with Gasteiger partial charge in [0.05, 0.1) is 0 Å². The highest BCUT2D eigenvalue weighted by Gasteiger charge is 2.16. The highest BCUT2D eigenvalue weighted by molar-refractivity contribution is 5.84. The Morgan fingerprint density at radius 1 is 1.23 bits per heavy atom. The Morgan fingerprint density at radius 2 is 1.77 bits per heavy atom. The summed E-state index contributed by atoms with van der Waals surface area (Å²) in [4.78, 5) is 24.9. The van der Waals surface area contributed by atoms with Crippen molar-refractivity contribution >= 4 is 12.4 Å². The second-order valence-electron chi connectivity index (χ2n) is 2.75. The van der Waals surface area contributed by atoms with Crippen molar-refractivity contribution in [2.75, 3.05) is 19.6 Å². The molecule has 0 fully saturated rings. The zero-order chi connectivity index (χ0) is 10.3. The van der Waals surface area contributed by atoms with E-state index in [1.807, 2.05) is 20.8 Å². The average Bonchev–Trinajstić information content (AvgIpc) is 2.15. The summed E-state index contributed by atoms with van der Waals surface area (Å²) in [7, 11) is 0. The summed E-state index contributed by atoms with van der Waals surface area (Å²) < 4.78 is 0. The van der Waals surface area contributed by atoms with Gasteiger partial charge in [-0.2, -0.15) is 0 Å². The summed E-state index contributed by atoms with van der Waals surface area (Å²) in [5.41, 5.74) is 0. The number of rotatable bonds is 5. The molecule has 0 unspecified atom stereocenters. The van der Waals surface area contributed by atoms with Crippen molar-refractivity contribution in [3.63, 3.8) is 0 Å². The molecule has 3 amide bonds. The van der Waals surface area contributed by atoms with Gasteiger partial charge in [-0.05, 0) is 20.3 Å². The number of amides is 3. The van der Waals surface area contributed by atoms with Gasteiger partial charge >= 0.3 is 6.03 Å². The molecule has 0 spiro atoms. The van der Waals surface area contributed by atoms with Crippen LogP contribution < -0.4 is 0 Å². The molecule has 0 atom stereocenters. The largest absolute Gasteiger partial charge is 0.326 e. The van der Waals surface area contributed by atoms with Crippen molar-refractivity contribution < 1.29 is 9.59 Å². The van der Waals surface area contributed by atoms with Gasteiger partial charge < -0.3 is 4.90 Å². The maximum atomic E-state index is 11.5.